The summed E-state index contributed by atoms with van der Waals surface area (Å²) < 4.78 is 12.7. The van der Waals surface area contributed by atoms with Crippen LogP contribution in [0.1, 0.15) is 29.3 Å². The zero-order chi connectivity index (χ0) is 26.6. The van der Waals surface area contributed by atoms with E-state index in [2.05, 4.69) is 10.00 Å². The zero-order valence-corrected chi connectivity index (χ0v) is 21.7. The molecule has 1 amide bonds. The van der Waals surface area contributed by atoms with Crippen LogP contribution in [0, 0.1) is 6.92 Å². The van der Waals surface area contributed by atoms with Gasteiger partial charge < -0.3 is 19.5 Å². The molecule has 198 valence electrons. The van der Waals surface area contributed by atoms with Gasteiger partial charge in [-0.1, -0.05) is 36.4 Å². The third-order valence-corrected chi connectivity index (χ3v) is 7.22. The van der Waals surface area contributed by atoms with Gasteiger partial charge >= 0.3 is 0 Å². The Hall–Kier alpha value is -3.95. The highest BCUT2D eigenvalue weighted by Crippen LogP contribution is 2.43. The Bertz CT molecular complexity index is 1340. The van der Waals surface area contributed by atoms with E-state index in [0.29, 0.717) is 48.7 Å². The van der Waals surface area contributed by atoms with Crippen molar-refractivity contribution in [2.75, 3.05) is 46.5 Å². The third-order valence-electron chi connectivity index (χ3n) is 7.22. The van der Waals surface area contributed by atoms with Gasteiger partial charge in [-0.05, 0) is 31.5 Å². The first-order chi connectivity index (χ1) is 18.5. The Morgan fingerprint density at radius 3 is 2.50 bits per heavy atom. The maximum Gasteiger partial charge on any atom is 0.295 e. The summed E-state index contributed by atoms with van der Waals surface area (Å²) in [5.74, 6) is -1.04. The minimum Gasteiger partial charge on any atom is -0.507 e. The van der Waals surface area contributed by atoms with Crippen molar-refractivity contribution >= 4 is 17.4 Å². The van der Waals surface area contributed by atoms with Crippen molar-refractivity contribution in [1.82, 2.24) is 19.6 Å². The molecule has 2 saturated heterocycles. The quantitative estimate of drug-likeness (QED) is 0.279. The lowest BCUT2D eigenvalue weighted by Crippen LogP contribution is -2.39. The Morgan fingerprint density at radius 1 is 1.05 bits per heavy atom. The van der Waals surface area contributed by atoms with Crippen LogP contribution >= 0.6 is 0 Å². The number of hydrogen-bond donors (Lipinski definition) is 1. The van der Waals surface area contributed by atoms with Crippen LogP contribution in [-0.4, -0.2) is 82.9 Å². The summed E-state index contributed by atoms with van der Waals surface area (Å²) >= 11 is 0. The number of ether oxygens (including phenoxy) is 2. The highest BCUT2D eigenvalue weighted by atomic mass is 16.5. The first-order valence-electron chi connectivity index (χ1n) is 12.8. The van der Waals surface area contributed by atoms with Crippen LogP contribution in [0.5, 0.6) is 5.75 Å². The van der Waals surface area contributed by atoms with Gasteiger partial charge in [-0.2, -0.15) is 5.10 Å². The van der Waals surface area contributed by atoms with Crippen molar-refractivity contribution in [3.8, 4) is 11.4 Å². The first-order valence-corrected chi connectivity index (χ1v) is 12.8. The molecule has 2 aliphatic heterocycles. The number of aliphatic hydroxyl groups is 1. The summed E-state index contributed by atoms with van der Waals surface area (Å²) in [6, 6.07) is 16.1. The molecule has 1 N–H and O–H groups in total. The lowest BCUT2D eigenvalue weighted by atomic mass is 9.94. The van der Waals surface area contributed by atoms with E-state index in [0.717, 1.165) is 25.3 Å². The average Bonchev–Trinajstić information content (AvgIpc) is 3.46. The second kappa shape index (κ2) is 11.2. The van der Waals surface area contributed by atoms with E-state index in [4.69, 9.17) is 9.47 Å². The molecule has 0 radical (unpaired) electrons. The van der Waals surface area contributed by atoms with Crippen molar-refractivity contribution in [1.29, 1.82) is 0 Å². The van der Waals surface area contributed by atoms with Crippen LogP contribution in [0.3, 0.4) is 0 Å². The number of ketones is 1. The minimum atomic E-state index is -0.782. The smallest absolute Gasteiger partial charge is 0.295 e. The molecule has 3 heterocycles. The first kappa shape index (κ1) is 25.7. The number of nitrogens with zero attached hydrogens (tertiary/aromatic N) is 4. The van der Waals surface area contributed by atoms with Gasteiger partial charge in [-0.15, -0.1) is 0 Å². The number of aliphatic hydroxyl groups excluding tert-OH is 1. The van der Waals surface area contributed by atoms with Crippen LogP contribution in [-0.2, 0) is 14.3 Å². The molecule has 2 aliphatic rings. The number of para-hydroxylation sites is 2. The Labute approximate surface area is 221 Å². The van der Waals surface area contributed by atoms with E-state index in [1.165, 1.54) is 6.20 Å². The molecule has 9 heteroatoms. The topological polar surface area (TPSA) is 97.1 Å². The SMILES string of the molecule is COc1ccccc1C1/C(=C(\O)c2cnn(-c3ccccc3)c2C)C(=O)C(=O)N1CCCN1CCOCC1. The Morgan fingerprint density at radius 2 is 1.76 bits per heavy atom. The number of carbonyl (C=O) groups is 2. The van der Waals surface area contributed by atoms with Gasteiger partial charge in [0.25, 0.3) is 11.7 Å². The van der Waals surface area contributed by atoms with Crippen LogP contribution in [0.2, 0.25) is 0 Å². The molecule has 2 aromatic carbocycles. The number of aromatic nitrogens is 2. The number of hydrogen-bond acceptors (Lipinski definition) is 7. The highest BCUT2D eigenvalue weighted by molar-refractivity contribution is 6.46. The average molecular weight is 517 g/mol. The van der Waals surface area contributed by atoms with E-state index >= 15 is 0 Å². The van der Waals surface area contributed by atoms with Gasteiger partial charge in [-0.3, -0.25) is 14.5 Å². The van der Waals surface area contributed by atoms with Gasteiger partial charge in [-0.25, -0.2) is 4.68 Å². The van der Waals surface area contributed by atoms with E-state index in [-0.39, 0.29) is 11.3 Å². The van der Waals surface area contributed by atoms with E-state index < -0.39 is 17.7 Å². The molecule has 2 fully saturated rings. The number of morpholine rings is 1. The summed E-state index contributed by atoms with van der Waals surface area (Å²) in [7, 11) is 1.55. The molecule has 0 saturated carbocycles. The number of methoxy groups -OCH3 is 1. The van der Waals surface area contributed by atoms with Crippen molar-refractivity contribution in [2.24, 2.45) is 0 Å². The highest BCUT2D eigenvalue weighted by Gasteiger charge is 2.47. The molecule has 38 heavy (non-hydrogen) atoms. The maximum atomic E-state index is 13.5. The number of likely N-dealkylation sites (tertiary alicyclic amines) is 1. The number of Topliss-reactive ketones (excluding diaryl/α,β-unsaturated/α-hetero) is 1. The number of amides is 1. The number of carbonyl (C=O) groups excluding carboxylic acids is 2. The van der Waals surface area contributed by atoms with Gasteiger partial charge in [0.15, 0.2) is 0 Å². The summed E-state index contributed by atoms with van der Waals surface area (Å²) in [6.45, 7) is 6.06. The van der Waals surface area contributed by atoms with Crippen LogP contribution in [0.15, 0.2) is 66.4 Å². The molecule has 3 aromatic rings. The van der Waals surface area contributed by atoms with Crippen LogP contribution in [0.25, 0.3) is 11.4 Å². The van der Waals surface area contributed by atoms with Crippen molar-refractivity contribution in [3.05, 3.63) is 83.2 Å². The molecule has 1 aromatic heterocycles. The molecular formula is C29H32N4O5. The second-order valence-electron chi connectivity index (χ2n) is 9.43. The Kier molecular flexibility index (Phi) is 7.57. The summed E-state index contributed by atoms with van der Waals surface area (Å²) in [6.07, 6.45) is 2.21. The van der Waals surface area contributed by atoms with Crippen LogP contribution < -0.4 is 4.74 Å². The zero-order valence-electron chi connectivity index (χ0n) is 21.7. The maximum absolute atomic E-state index is 13.5. The van der Waals surface area contributed by atoms with Crippen molar-refractivity contribution in [2.45, 2.75) is 19.4 Å². The lowest BCUT2D eigenvalue weighted by molar-refractivity contribution is -0.140. The molecule has 9 nitrogen and oxygen atoms in total. The number of benzene rings is 2. The predicted octanol–water partition coefficient (Wildman–Crippen LogP) is 3.33. The molecule has 0 aliphatic carbocycles. The number of rotatable bonds is 8. The normalized spacial score (nSPS) is 19.7. The fourth-order valence-corrected chi connectivity index (χ4v) is 5.23. The van der Waals surface area contributed by atoms with Gasteiger partial charge in [0, 0.05) is 31.7 Å². The summed E-state index contributed by atoms with van der Waals surface area (Å²) in [4.78, 5) is 30.7. The lowest BCUT2D eigenvalue weighted by Gasteiger charge is -2.29. The molecule has 5 rings (SSSR count). The summed E-state index contributed by atoms with van der Waals surface area (Å²) in [5.41, 5.74) is 2.58. The van der Waals surface area contributed by atoms with Crippen molar-refractivity contribution in [3.63, 3.8) is 0 Å². The van der Waals surface area contributed by atoms with E-state index in [1.54, 1.807) is 22.8 Å². The predicted molar refractivity (Wildman–Crippen MR) is 142 cm³/mol. The Balaban J connectivity index is 1.54. The minimum absolute atomic E-state index is 0.0431. The monoisotopic (exact) mass is 516 g/mol. The standard InChI is InChI=1S/C29H32N4O5/c1-20-23(19-30-33(20)21-9-4-3-5-10-21)27(34)25-26(22-11-6-7-12-24(22)37-2)32(29(36)28(25)35)14-8-13-31-15-17-38-18-16-31/h3-7,9-12,19,26,34H,8,13-18H2,1-2H3/b27-25+. The fourth-order valence-electron chi connectivity index (χ4n) is 5.23. The van der Waals surface area contributed by atoms with Crippen molar-refractivity contribution < 1.29 is 24.2 Å². The summed E-state index contributed by atoms with van der Waals surface area (Å²) in [5, 5.41) is 16.0. The third kappa shape index (κ3) is 4.82. The molecule has 0 bridgehead atoms. The second-order valence-corrected chi connectivity index (χ2v) is 9.43. The fraction of sp³-hybridized carbons (Fsp3) is 0.345. The van der Waals surface area contributed by atoms with Crippen LogP contribution in [0.4, 0.5) is 0 Å². The van der Waals surface area contributed by atoms with E-state index in [9.17, 15) is 14.7 Å². The largest absolute Gasteiger partial charge is 0.507 e. The molecular weight excluding hydrogens is 484 g/mol. The van der Waals surface area contributed by atoms with Gasteiger partial charge in [0.2, 0.25) is 0 Å². The van der Waals surface area contributed by atoms with Gasteiger partial charge in [0.1, 0.15) is 11.5 Å². The van der Waals surface area contributed by atoms with E-state index in [1.807, 2.05) is 55.5 Å². The van der Waals surface area contributed by atoms with Gasteiger partial charge in [0.05, 0.1) is 55.1 Å². The molecule has 1 atom stereocenters. The molecule has 1 unspecified atom stereocenters. The molecule has 0 spiro atoms.